The molecule has 0 bridgehead atoms. The van der Waals surface area contributed by atoms with Crippen molar-refractivity contribution in [3.63, 3.8) is 0 Å². The van der Waals surface area contributed by atoms with Gasteiger partial charge in [0.05, 0.1) is 22.5 Å². The first-order valence-electron chi connectivity index (χ1n) is 4.42. The minimum atomic E-state index is -4.12. The van der Waals surface area contributed by atoms with E-state index in [2.05, 4.69) is 4.74 Å². The zero-order chi connectivity index (χ0) is 13.9. The third-order valence-electron chi connectivity index (χ3n) is 2.02. The molecule has 1 rings (SSSR count). The number of methoxy groups -OCH3 is 1. The molecular weight excluding hydrogens is 266 g/mol. The molecule has 0 unspecified atom stereocenters. The predicted octanol–water partition coefficient (Wildman–Crippen LogP) is -0.467. The molecule has 0 radical (unpaired) electrons. The molecule has 0 aliphatic carbocycles. The summed E-state index contributed by atoms with van der Waals surface area (Å²) in [4.78, 5) is 22.2. The van der Waals surface area contributed by atoms with Gasteiger partial charge in [-0.1, -0.05) is 0 Å². The number of benzene rings is 1. The Labute approximate surface area is 102 Å². The van der Waals surface area contributed by atoms with Gasteiger partial charge in [0.15, 0.2) is 0 Å². The van der Waals surface area contributed by atoms with Crippen molar-refractivity contribution < 1.29 is 22.9 Å². The van der Waals surface area contributed by atoms with Crippen LogP contribution in [0, 0.1) is 10.1 Å². The Hall–Kier alpha value is -2.04. The van der Waals surface area contributed by atoms with Gasteiger partial charge in [0.1, 0.15) is 0 Å². The maximum Gasteiger partial charge on any atom is 0.339 e. The second kappa shape index (κ2) is 5.08. The molecule has 98 valence electrons. The lowest BCUT2D eigenvalue weighted by Crippen LogP contribution is -2.31. The molecule has 0 atom stereocenters. The zero-order valence-corrected chi connectivity index (χ0v) is 9.93. The highest BCUT2D eigenvalue weighted by Crippen LogP contribution is 2.22. The van der Waals surface area contributed by atoms with Crippen molar-refractivity contribution in [1.29, 1.82) is 0 Å². The average Bonchev–Trinajstić information content (AvgIpc) is 2.36. The van der Waals surface area contributed by atoms with E-state index in [0.717, 1.165) is 25.3 Å². The van der Waals surface area contributed by atoms with Gasteiger partial charge < -0.3 is 4.74 Å². The summed E-state index contributed by atoms with van der Waals surface area (Å²) in [6.07, 6.45) is 0. The van der Waals surface area contributed by atoms with Crippen molar-refractivity contribution in [3.8, 4) is 0 Å². The first kappa shape index (κ1) is 14.0. The van der Waals surface area contributed by atoms with Crippen LogP contribution in [-0.2, 0) is 14.8 Å². The Morgan fingerprint density at radius 1 is 1.50 bits per heavy atom. The van der Waals surface area contributed by atoms with E-state index in [9.17, 15) is 23.3 Å². The summed E-state index contributed by atoms with van der Waals surface area (Å²) in [6.45, 7) is 0. The van der Waals surface area contributed by atoms with Crippen molar-refractivity contribution in [2.45, 2.75) is 4.90 Å². The molecule has 10 heteroatoms. The van der Waals surface area contributed by atoms with Crippen LogP contribution < -0.4 is 10.7 Å². The van der Waals surface area contributed by atoms with E-state index >= 15 is 0 Å². The van der Waals surface area contributed by atoms with Crippen LogP contribution in [0.5, 0.6) is 0 Å². The number of esters is 1. The van der Waals surface area contributed by atoms with Crippen LogP contribution in [0.15, 0.2) is 23.1 Å². The standard InChI is InChI=1S/C8H9N3O6S/c1-17-8(12)6-4-5(11(13)14)2-3-7(6)18(15,16)10-9/h2-4,10H,9H2,1H3. The minimum absolute atomic E-state index is 0.439. The van der Waals surface area contributed by atoms with E-state index < -0.39 is 37.1 Å². The SMILES string of the molecule is COC(=O)c1cc([N+](=O)[O-])ccc1S(=O)(=O)NN. The van der Waals surface area contributed by atoms with Crippen LogP contribution >= 0.6 is 0 Å². The number of nitrogens with one attached hydrogen (secondary N) is 1. The number of hydrogen-bond donors (Lipinski definition) is 2. The van der Waals surface area contributed by atoms with Gasteiger partial charge in [-0.2, -0.15) is 4.83 Å². The molecule has 0 aliphatic rings. The Morgan fingerprint density at radius 2 is 2.11 bits per heavy atom. The van der Waals surface area contributed by atoms with Crippen molar-refractivity contribution in [1.82, 2.24) is 4.83 Å². The molecule has 18 heavy (non-hydrogen) atoms. The van der Waals surface area contributed by atoms with Gasteiger partial charge in [0.25, 0.3) is 15.7 Å². The summed E-state index contributed by atoms with van der Waals surface area (Å²) in [5, 5.41) is 10.6. The summed E-state index contributed by atoms with van der Waals surface area (Å²) in [5.41, 5.74) is -0.906. The molecule has 3 N–H and O–H groups in total. The van der Waals surface area contributed by atoms with Gasteiger partial charge in [-0.3, -0.25) is 16.0 Å². The lowest BCUT2D eigenvalue weighted by atomic mass is 10.2. The van der Waals surface area contributed by atoms with Crippen LogP contribution in [0.3, 0.4) is 0 Å². The largest absolute Gasteiger partial charge is 0.465 e. The number of non-ortho nitro benzene ring substituents is 1. The lowest BCUT2D eigenvalue weighted by Gasteiger charge is -2.07. The number of hydrazine groups is 1. The maximum atomic E-state index is 11.5. The van der Waals surface area contributed by atoms with Crippen molar-refractivity contribution >= 4 is 21.7 Å². The van der Waals surface area contributed by atoms with Gasteiger partial charge in [-0.15, -0.1) is 0 Å². The molecule has 0 heterocycles. The summed E-state index contributed by atoms with van der Waals surface area (Å²) in [5.74, 6) is 3.80. The maximum absolute atomic E-state index is 11.5. The second-order valence-electron chi connectivity index (χ2n) is 3.05. The van der Waals surface area contributed by atoms with Gasteiger partial charge in [0.2, 0.25) is 0 Å². The Bertz CT molecular complexity index is 597. The normalized spacial score (nSPS) is 11.0. The van der Waals surface area contributed by atoms with Crippen LogP contribution in [-0.4, -0.2) is 26.4 Å². The smallest absolute Gasteiger partial charge is 0.339 e. The molecule has 0 spiro atoms. The molecule has 0 aromatic heterocycles. The van der Waals surface area contributed by atoms with E-state index in [1.165, 1.54) is 4.83 Å². The molecule has 0 saturated heterocycles. The molecule has 0 saturated carbocycles. The van der Waals surface area contributed by atoms with Crippen LogP contribution in [0.25, 0.3) is 0 Å². The van der Waals surface area contributed by atoms with E-state index in [1.807, 2.05) is 0 Å². The predicted molar refractivity (Wildman–Crippen MR) is 58.9 cm³/mol. The molecule has 1 aromatic carbocycles. The third-order valence-corrected chi connectivity index (χ3v) is 3.27. The number of nitrogens with zero attached hydrogens (tertiary/aromatic N) is 1. The average molecular weight is 275 g/mol. The van der Waals surface area contributed by atoms with E-state index in [1.54, 1.807) is 0 Å². The number of rotatable bonds is 4. The van der Waals surface area contributed by atoms with Gasteiger partial charge in [0, 0.05) is 12.1 Å². The number of nitrogens with two attached hydrogens (primary N) is 1. The highest BCUT2D eigenvalue weighted by atomic mass is 32.2. The van der Waals surface area contributed by atoms with Crippen LogP contribution in [0.1, 0.15) is 10.4 Å². The summed E-state index contributed by atoms with van der Waals surface area (Å²) in [7, 11) is -3.10. The monoisotopic (exact) mass is 275 g/mol. The molecule has 1 aromatic rings. The van der Waals surface area contributed by atoms with Gasteiger partial charge in [-0.25, -0.2) is 13.2 Å². The van der Waals surface area contributed by atoms with Crippen molar-refractivity contribution in [2.75, 3.05) is 7.11 Å². The molecule has 0 fully saturated rings. The number of nitro groups is 1. The number of carbonyl (C=O) groups excluding carboxylic acids is 1. The number of nitro benzene ring substituents is 1. The second-order valence-corrected chi connectivity index (χ2v) is 4.73. The molecule has 0 aliphatic heterocycles. The lowest BCUT2D eigenvalue weighted by molar-refractivity contribution is -0.384. The van der Waals surface area contributed by atoms with E-state index in [4.69, 9.17) is 5.84 Å². The number of sulfonamides is 1. The minimum Gasteiger partial charge on any atom is -0.465 e. The van der Waals surface area contributed by atoms with Crippen molar-refractivity contribution in [2.24, 2.45) is 5.84 Å². The van der Waals surface area contributed by atoms with Crippen molar-refractivity contribution in [3.05, 3.63) is 33.9 Å². The van der Waals surface area contributed by atoms with E-state index in [0.29, 0.717) is 0 Å². The summed E-state index contributed by atoms with van der Waals surface area (Å²) in [6, 6.07) is 2.65. The fourth-order valence-corrected chi connectivity index (χ4v) is 2.00. The van der Waals surface area contributed by atoms with Gasteiger partial charge >= 0.3 is 5.97 Å². The van der Waals surface area contributed by atoms with E-state index in [-0.39, 0.29) is 0 Å². The number of hydrogen-bond acceptors (Lipinski definition) is 7. The highest BCUT2D eigenvalue weighted by molar-refractivity contribution is 7.89. The summed E-state index contributed by atoms with van der Waals surface area (Å²) < 4.78 is 27.4. The molecule has 9 nitrogen and oxygen atoms in total. The first-order chi connectivity index (χ1) is 8.33. The first-order valence-corrected chi connectivity index (χ1v) is 5.91. The van der Waals surface area contributed by atoms with Crippen LogP contribution in [0.4, 0.5) is 5.69 Å². The fraction of sp³-hybridized carbons (Fsp3) is 0.125. The Morgan fingerprint density at radius 3 is 2.56 bits per heavy atom. The summed E-state index contributed by atoms with van der Waals surface area (Å²) >= 11 is 0. The number of ether oxygens (including phenoxy) is 1. The quantitative estimate of drug-likeness (QED) is 0.327. The molecule has 0 amide bonds. The van der Waals surface area contributed by atoms with Crippen LogP contribution in [0.2, 0.25) is 0 Å². The highest BCUT2D eigenvalue weighted by Gasteiger charge is 2.24. The van der Waals surface area contributed by atoms with Gasteiger partial charge in [-0.05, 0) is 6.07 Å². The zero-order valence-electron chi connectivity index (χ0n) is 9.11. The molecular formula is C8H9N3O6S. The number of carbonyl (C=O) groups is 1. The third kappa shape index (κ3) is 2.61. The topological polar surface area (TPSA) is 142 Å². The Balaban J connectivity index is 3.54. The Kier molecular flexibility index (Phi) is 3.96. The fourth-order valence-electron chi connectivity index (χ4n) is 1.20.